The highest BCUT2D eigenvalue weighted by Crippen LogP contribution is 2.28. The Balaban J connectivity index is 1.77. The van der Waals surface area contributed by atoms with Crippen LogP contribution in [-0.4, -0.2) is 30.1 Å². The van der Waals surface area contributed by atoms with Gasteiger partial charge in [0, 0.05) is 12.1 Å². The van der Waals surface area contributed by atoms with Gasteiger partial charge in [0.1, 0.15) is 17.5 Å². The van der Waals surface area contributed by atoms with E-state index in [0.29, 0.717) is 23.7 Å². The number of aryl methyl sites for hydroxylation is 1. The molecule has 2 aromatic rings. The van der Waals surface area contributed by atoms with Gasteiger partial charge in [0.05, 0.1) is 19.0 Å². The van der Waals surface area contributed by atoms with E-state index >= 15 is 0 Å². The lowest BCUT2D eigenvalue weighted by atomic mass is 10.2. The quantitative estimate of drug-likeness (QED) is 0.846. The molecule has 1 fully saturated rings. The van der Waals surface area contributed by atoms with Crippen LogP contribution in [0, 0.1) is 6.92 Å². The van der Waals surface area contributed by atoms with Gasteiger partial charge in [-0.05, 0) is 31.0 Å². The second kappa shape index (κ2) is 6.80. The van der Waals surface area contributed by atoms with Gasteiger partial charge in [-0.25, -0.2) is 14.7 Å². The van der Waals surface area contributed by atoms with Crippen molar-refractivity contribution < 1.29 is 19.1 Å². The number of imide groups is 1. The maximum atomic E-state index is 12.2. The van der Waals surface area contributed by atoms with Gasteiger partial charge in [-0.15, -0.1) is 0 Å². The first kappa shape index (κ1) is 16.8. The van der Waals surface area contributed by atoms with Crippen molar-refractivity contribution in [1.29, 1.82) is 0 Å². The van der Waals surface area contributed by atoms with Crippen molar-refractivity contribution in [3.63, 3.8) is 0 Å². The fourth-order valence-corrected chi connectivity index (χ4v) is 2.60. The lowest BCUT2D eigenvalue weighted by molar-refractivity contribution is -0.118. The highest BCUT2D eigenvalue weighted by atomic mass is 16.5. The lowest BCUT2D eigenvalue weighted by Gasteiger charge is -2.13. The number of carbonyl (C=O) groups is 2. The summed E-state index contributed by atoms with van der Waals surface area (Å²) in [5.74, 6) is 1.39. The standard InChI is InChI=1S/C18H19N3O4/c1-4-14-17(22)21(18(23)20-14)12-6-8-16(19-10-12)25-13-7-5-11(2)15(9-13)24-3/h5-10,14H,4H2,1-3H3,(H,20,23)/t14-/m1/s1. The number of amides is 3. The van der Waals surface area contributed by atoms with Crippen molar-refractivity contribution in [1.82, 2.24) is 10.3 Å². The lowest BCUT2D eigenvalue weighted by Crippen LogP contribution is -2.31. The Morgan fingerprint density at radius 1 is 1.24 bits per heavy atom. The number of aromatic nitrogens is 1. The molecule has 1 aromatic carbocycles. The number of rotatable bonds is 5. The number of anilines is 1. The van der Waals surface area contributed by atoms with Gasteiger partial charge in [0.15, 0.2) is 0 Å². The fourth-order valence-electron chi connectivity index (χ4n) is 2.60. The minimum absolute atomic E-state index is 0.272. The zero-order valence-corrected chi connectivity index (χ0v) is 14.3. The summed E-state index contributed by atoms with van der Waals surface area (Å²) in [4.78, 5) is 29.4. The molecule has 2 heterocycles. The molecule has 1 N–H and O–H groups in total. The third kappa shape index (κ3) is 3.26. The molecule has 130 valence electrons. The molecule has 1 atom stereocenters. The number of benzene rings is 1. The minimum Gasteiger partial charge on any atom is -0.496 e. The highest BCUT2D eigenvalue weighted by Gasteiger charge is 2.37. The van der Waals surface area contributed by atoms with Crippen LogP contribution in [0.1, 0.15) is 18.9 Å². The molecule has 7 heteroatoms. The van der Waals surface area contributed by atoms with Crippen molar-refractivity contribution >= 4 is 17.6 Å². The zero-order valence-electron chi connectivity index (χ0n) is 14.3. The smallest absolute Gasteiger partial charge is 0.329 e. The van der Waals surface area contributed by atoms with Crippen LogP contribution in [0.2, 0.25) is 0 Å². The number of hydrogen-bond donors (Lipinski definition) is 1. The van der Waals surface area contributed by atoms with Crippen molar-refractivity contribution in [3.05, 3.63) is 42.1 Å². The van der Waals surface area contributed by atoms with Crippen LogP contribution in [0.4, 0.5) is 10.5 Å². The van der Waals surface area contributed by atoms with Gasteiger partial charge in [-0.2, -0.15) is 0 Å². The number of nitrogens with one attached hydrogen (secondary N) is 1. The van der Waals surface area contributed by atoms with Crippen molar-refractivity contribution in [2.24, 2.45) is 0 Å². The molecule has 0 saturated carbocycles. The predicted molar refractivity (Wildman–Crippen MR) is 92.1 cm³/mol. The normalized spacial score (nSPS) is 16.8. The molecule has 3 rings (SSSR count). The molecule has 1 aliphatic heterocycles. The first-order chi connectivity index (χ1) is 12.0. The zero-order chi connectivity index (χ0) is 18.0. The van der Waals surface area contributed by atoms with Gasteiger partial charge >= 0.3 is 6.03 Å². The molecule has 1 saturated heterocycles. The minimum atomic E-state index is -0.483. The topological polar surface area (TPSA) is 80.8 Å². The second-order valence-electron chi connectivity index (χ2n) is 5.67. The first-order valence-corrected chi connectivity index (χ1v) is 7.96. The third-order valence-corrected chi connectivity index (χ3v) is 4.01. The van der Waals surface area contributed by atoms with E-state index < -0.39 is 12.1 Å². The molecule has 0 radical (unpaired) electrons. The Bertz CT molecular complexity index is 804. The van der Waals surface area contributed by atoms with E-state index in [1.54, 1.807) is 25.3 Å². The molecule has 1 aliphatic rings. The van der Waals surface area contributed by atoms with Crippen LogP contribution in [0.15, 0.2) is 36.5 Å². The molecule has 7 nitrogen and oxygen atoms in total. The number of urea groups is 1. The summed E-state index contributed by atoms with van der Waals surface area (Å²) in [6, 6.07) is 7.80. The van der Waals surface area contributed by atoms with Gasteiger partial charge < -0.3 is 14.8 Å². The fraction of sp³-hybridized carbons (Fsp3) is 0.278. The monoisotopic (exact) mass is 341 g/mol. The third-order valence-electron chi connectivity index (χ3n) is 4.01. The summed E-state index contributed by atoms with van der Waals surface area (Å²) in [5.41, 5.74) is 1.41. The Morgan fingerprint density at radius 2 is 2.04 bits per heavy atom. The first-order valence-electron chi connectivity index (χ1n) is 7.96. The molecule has 3 amide bonds. The van der Waals surface area contributed by atoms with Crippen LogP contribution in [0.3, 0.4) is 0 Å². The van der Waals surface area contributed by atoms with Crippen LogP contribution in [-0.2, 0) is 4.79 Å². The van der Waals surface area contributed by atoms with Crippen LogP contribution < -0.4 is 19.7 Å². The maximum Gasteiger partial charge on any atom is 0.329 e. The van der Waals surface area contributed by atoms with Crippen molar-refractivity contribution in [3.8, 4) is 17.4 Å². The Kier molecular flexibility index (Phi) is 4.56. The van der Waals surface area contributed by atoms with Crippen LogP contribution >= 0.6 is 0 Å². The van der Waals surface area contributed by atoms with Gasteiger partial charge in [0.2, 0.25) is 5.88 Å². The Hall–Kier alpha value is -3.09. The summed E-state index contributed by atoms with van der Waals surface area (Å²) < 4.78 is 11.0. The number of nitrogens with zero attached hydrogens (tertiary/aromatic N) is 2. The average molecular weight is 341 g/mol. The number of carbonyl (C=O) groups excluding carboxylic acids is 2. The predicted octanol–water partition coefficient (Wildman–Crippen LogP) is 3.03. The van der Waals surface area contributed by atoms with E-state index in [9.17, 15) is 9.59 Å². The van der Waals surface area contributed by atoms with E-state index in [2.05, 4.69) is 10.3 Å². The summed E-state index contributed by atoms with van der Waals surface area (Å²) in [7, 11) is 1.60. The Morgan fingerprint density at radius 3 is 2.64 bits per heavy atom. The van der Waals surface area contributed by atoms with Crippen LogP contribution in [0.25, 0.3) is 0 Å². The van der Waals surface area contributed by atoms with E-state index in [1.165, 1.54) is 6.20 Å². The summed E-state index contributed by atoms with van der Waals surface area (Å²) in [6.45, 7) is 3.79. The second-order valence-corrected chi connectivity index (χ2v) is 5.67. The SMILES string of the molecule is CC[C@H]1NC(=O)N(c2ccc(Oc3ccc(C)c(OC)c3)nc2)C1=O. The molecular formula is C18H19N3O4. The van der Waals surface area contributed by atoms with E-state index in [1.807, 2.05) is 26.0 Å². The largest absolute Gasteiger partial charge is 0.496 e. The van der Waals surface area contributed by atoms with E-state index in [4.69, 9.17) is 9.47 Å². The molecule has 0 bridgehead atoms. The highest BCUT2D eigenvalue weighted by molar-refractivity contribution is 6.21. The summed E-state index contributed by atoms with van der Waals surface area (Å²) in [6.07, 6.45) is 1.99. The summed E-state index contributed by atoms with van der Waals surface area (Å²) in [5, 5.41) is 2.64. The summed E-state index contributed by atoms with van der Waals surface area (Å²) >= 11 is 0. The number of ether oxygens (including phenoxy) is 2. The maximum absolute atomic E-state index is 12.2. The number of methoxy groups -OCH3 is 1. The van der Waals surface area contributed by atoms with Gasteiger partial charge in [-0.3, -0.25) is 4.79 Å². The van der Waals surface area contributed by atoms with Crippen molar-refractivity contribution in [2.75, 3.05) is 12.0 Å². The number of hydrogen-bond acceptors (Lipinski definition) is 5. The Labute approximate surface area is 145 Å². The molecular weight excluding hydrogens is 322 g/mol. The molecule has 0 aliphatic carbocycles. The molecule has 25 heavy (non-hydrogen) atoms. The van der Waals surface area contributed by atoms with Gasteiger partial charge in [-0.1, -0.05) is 13.0 Å². The molecule has 0 unspecified atom stereocenters. The molecule has 0 spiro atoms. The van der Waals surface area contributed by atoms with Crippen LogP contribution in [0.5, 0.6) is 17.4 Å². The van der Waals surface area contributed by atoms with Crippen molar-refractivity contribution in [2.45, 2.75) is 26.3 Å². The van der Waals surface area contributed by atoms with E-state index in [0.717, 1.165) is 16.2 Å². The van der Waals surface area contributed by atoms with E-state index in [-0.39, 0.29) is 5.91 Å². The van der Waals surface area contributed by atoms with Gasteiger partial charge in [0.25, 0.3) is 5.91 Å². The molecule has 1 aromatic heterocycles. The number of pyridine rings is 1. The average Bonchev–Trinajstić information content (AvgIpc) is 2.91.